The molecule has 8 heteroatoms. The zero-order chi connectivity index (χ0) is 21.9. The van der Waals surface area contributed by atoms with E-state index in [1.165, 1.54) is 12.1 Å². The summed E-state index contributed by atoms with van der Waals surface area (Å²) in [6.45, 7) is 6.85. The first-order chi connectivity index (χ1) is 15.7. The molecule has 1 N–H and O–H groups in total. The first-order valence-corrected chi connectivity index (χ1v) is 10.9. The number of piperazine rings is 1. The van der Waals surface area contributed by atoms with Gasteiger partial charge in [0.25, 0.3) is 0 Å². The molecule has 0 aliphatic carbocycles. The van der Waals surface area contributed by atoms with E-state index in [0.717, 1.165) is 60.6 Å². The van der Waals surface area contributed by atoms with E-state index in [-0.39, 0.29) is 11.9 Å². The predicted molar refractivity (Wildman–Crippen MR) is 121 cm³/mol. The van der Waals surface area contributed by atoms with Crippen LogP contribution >= 0.6 is 0 Å². The van der Waals surface area contributed by atoms with Crippen LogP contribution in [0.1, 0.15) is 18.5 Å². The van der Waals surface area contributed by atoms with Crippen LogP contribution in [-0.2, 0) is 0 Å². The standard InChI is InChI=1S/C24H26FN5O2/c1-17(18-2-4-19(25)5-3-18)29-8-10-30(11-9-29)24-15-23(26-16-27-24)28-20-6-7-21-22(14-20)32-13-12-31-21/h2-7,14-17H,8-13H2,1H3,(H,26,27,28)/t17-/m0/s1. The maximum absolute atomic E-state index is 13.2. The molecule has 2 aliphatic rings. The van der Waals surface area contributed by atoms with Crippen molar-refractivity contribution in [1.29, 1.82) is 0 Å². The second-order valence-electron chi connectivity index (χ2n) is 8.00. The van der Waals surface area contributed by atoms with Gasteiger partial charge in [-0.3, -0.25) is 4.90 Å². The van der Waals surface area contributed by atoms with Crippen LogP contribution in [0.3, 0.4) is 0 Å². The fraction of sp³-hybridized carbons (Fsp3) is 0.333. The Bertz CT molecular complexity index is 1070. The van der Waals surface area contributed by atoms with Gasteiger partial charge in [0, 0.05) is 50.0 Å². The Hall–Kier alpha value is -3.39. The van der Waals surface area contributed by atoms with Crippen LogP contribution < -0.4 is 19.7 Å². The SMILES string of the molecule is C[C@@H](c1ccc(F)cc1)N1CCN(c2cc(Nc3ccc4c(c3)OCCO4)ncn2)CC1. The van der Waals surface area contributed by atoms with Crippen molar-refractivity contribution in [2.24, 2.45) is 0 Å². The van der Waals surface area contributed by atoms with Crippen molar-refractivity contribution in [2.75, 3.05) is 49.6 Å². The Morgan fingerprint density at radius 2 is 1.66 bits per heavy atom. The van der Waals surface area contributed by atoms with E-state index in [9.17, 15) is 4.39 Å². The molecule has 0 radical (unpaired) electrons. The number of rotatable bonds is 5. The Morgan fingerprint density at radius 1 is 0.906 bits per heavy atom. The summed E-state index contributed by atoms with van der Waals surface area (Å²) >= 11 is 0. The smallest absolute Gasteiger partial charge is 0.163 e. The van der Waals surface area contributed by atoms with Crippen LogP contribution in [0.2, 0.25) is 0 Å². The summed E-state index contributed by atoms with van der Waals surface area (Å²) in [6.07, 6.45) is 1.59. The first-order valence-electron chi connectivity index (χ1n) is 10.9. The molecule has 0 unspecified atom stereocenters. The number of benzene rings is 2. The molecule has 0 spiro atoms. The lowest BCUT2D eigenvalue weighted by atomic mass is 10.1. The minimum Gasteiger partial charge on any atom is -0.486 e. The number of halogens is 1. The summed E-state index contributed by atoms with van der Waals surface area (Å²) in [5.41, 5.74) is 2.02. The zero-order valence-electron chi connectivity index (χ0n) is 18.0. The molecule has 32 heavy (non-hydrogen) atoms. The molecular formula is C24H26FN5O2. The number of aromatic nitrogens is 2. The van der Waals surface area contributed by atoms with E-state index in [4.69, 9.17) is 9.47 Å². The molecule has 3 aromatic rings. The minimum absolute atomic E-state index is 0.199. The van der Waals surface area contributed by atoms with Gasteiger partial charge >= 0.3 is 0 Å². The first kappa shape index (κ1) is 20.5. The van der Waals surface area contributed by atoms with Crippen molar-refractivity contribution in [2.45, 2.75) is 13.0 Å². The molecule has 1 aromatic heterocycles. The van der Waals surface area contributed by atoms with Crippen molar-refractivity contribution in [3.63, 3.8) is 0 Å². The predicted octanol–water partition coefficient (Wildman–Crippen LogP) is 4.01. The van der Waals surface area contributed by atoms with E-state index in [2.05, 4.69) is 32.0 Å². The number of nitrogens with zero attached hydrogens (tertiary/aromatic N) is 4. The number of anilines is 3. The van der Waals surface area contributed by atoms with Crippen molar-refractivity contribution in [1.82, 2.24) is 14.9 Å². The second kappa shape index (κ2) is 9.00. The van der Waals surface area contributed by atoms with E-state index in [1.807, 2.05) is 36.4 Å². The topological polar surface area (TPSA) is 62.8 Å². The molecule has 0 bridgehead atoms. The quantitative estimate of drug-likeness (QED) is 0.650. The van der Waals surface area contributed by atoms with Crippen molar-refractivity contribution < 1.29 is 13.9 Å². The largest absolute Gasteiger partial charge is 0.486 e. The summed E-state index contributed by atoms with van der Waals surface area (Å²) in [6, 6.07) is 14.8. The lowest BCUT2D eigenvalue weighted by Gasteiger charge is -2.38. The average Bonchev–Trinajstić information content (AvgIpc) is 2.84. The average molecular weight is 436 g/mol. The number of ether oxygens (including phenoxy) is 2. The fourth-order valence-electron chi connectivity index (χ4n) is 4.15. The number of hydrogen-bond acceptors (Lipinski definition) is 7. The Balaban J connectivity index is 1.22. The molecule has 2 aliphatic heterocycles. The van der Waals surface area contributed by atoms with Gasteiger partial charge in [0.2, 0.25) is 0 Å². The van der Waals surface area contributed by atoms with E-state index >= 15 is 0 Å². The molecule has 166 valence electrons. The highest BCUT2D eigenvalue weighted by Gasteiger charge is 2.23. The highest BCUT2D eigenvalue weighted by atomic mass is 19.1. The van der Waals surface area contributed by atoms with Crippen LogP contribution in [-0.4, -0.2) is 54.3 Å². The number of fused-ring (bicyclic) bond motifs is 1. The molecule has 7 nitrogen and oxygen atoms in total. The fourth-order valence-corrected chi connectivity index (χ4v) is 4.15. The normalized spacial score (nSPS) is 17.1. The summed E-state index contributed by atoms with van der Waals surface area (Å²) in [5, 5.41) is 3.33. The second-order valence-corrected chi connectivity index (χ2v) is 8.00. The van der Waals surface area contributed by atoms with Crippen LogP contribution in [0.25, 0.3) is 0 Å². The van der Waals surface area contributed by atoms with Crippen LogP contribution in [0.5, 0.6) is 11.5 Å². The summed E-state index contributed by atoms with van der Waals surface area (Å²) < 4.78 is 24.5. The molecule has 5 rings (SSSR count). The van der Waals surface area contributed by atoms with Crippen LogP contribution in [0.15, 0.2) is 54.9 Å². The summed E-state index contributed by atoms with van der Waals surface area (Å²) in [4.78, 5) is 13.5. The van der Waals surface area contributed by atoms with Crippen molar-refractivity contribution >= 4 is 17.3 Å². The molecule has 0 saturated carbocycles. The van der Waals surface area contributed by atoms with Gasteiger partial charge in [0.15, 0.2) is 11.5 Å². The van der Waals surface area contributed by atoms with E-state index < -0.39 is 0 Å². The molecule has 1 atom stereocenters. The summed E-state index contributed by atoms with van der Waals surface area (Å²) in [5.74, 6) is 2.93. The lowest BCUT2D eigenvalue weighted by Crippen LogP contribution is -2.47. The molecule has 3 heterocycles. The lowest BCUT2D eigenvalue weighted by molar-refractivity contribution is 0.171. The van der Waals surface area contributed by atoms with Gasteiger partial charge < -0.3 is 19.7 Å². The van der Waals surface area contributed by atoms with Gasteiger partial charge in [-0.05, 0) is 36.8 Å². The highest BCUT2D eigenvalue weighted by Crippen LogP contribution is 2.33. The third-order valence-corrected chi connectivity index (χ3v) is 6.01. The monoisotopic (exact) mass is 435 g/mol. The summed E-state index contributed by atoms with van der Waals surface area (Å²) in [7, 11) is 0. The van der Waals surface area contributed by atoms with E-state index in [1.54, 1.807) is 6.33 Å². The van der Waals surface area contributed by atoms with E-state index in [0.29, 0.717) is 13.2 Å². The van der Waals surface area contributed by atoms with Gasteiger partial charge in [0.05, 0.1) is 0 Å². The zero-order valence-corrected chi connectivity index (χ0v) is 18.0. The Labute approximate surface area is 186 Å². The molecular weight excluding hydrogens is 409 g/mol. The van der Waals surface area contributed by atoms with Gasteiger partial charge in [-0.15, -0.1) is 0 Å². The van der Waals surface area contributed by atoms with Gasteiger partial charge in [-0.25, -0.2) is 14.4 Å². The maximum Gasteiger partial charge on any atom is 0.163 e. The highest BCUT2D eigenvalue weighted by molar-refractivity contribution is 5.63. The maximum atomic E-state index is 13.2. The van der Waals surface area contributed by atoms with Crippen molar-refractivity contribution in [3.05, 3.63) is 66.2 Å². The Morgan fingerprint density at radius 3 is 2.44 bits per heavy atom. The van der Waals surface area contributed by atoms with Crippen LogP contribution in [0, 0.1) is 5.82 Å². The van der Waals surface area contributed by atoms with Gasteiger partial charge in [-0.1, -0.05) is 12.1 Å². The Kier molecular flexibility index (Phi) is 5.77. The molecule has 2 aromatic carbocycles. The minimum atomic E-state index is -0.199. The third kappa shape index (κ3) is 4.45. The van der Waals surface area contributed by atoms with Crippen molar-refractivity contribution in [3.8, 4) is 11.5 Å². The third-order valence-electron chi connectivity index (χ3n) is 6.01. The number of nitrogens with one attached hydrogen (secondary N) is 1. The molecule has 1 saturated heterocycles. The van der Waals surface area contributed by atoms with Gasteiger partial charge in [-0.2, -0.15) is 0 Å². The van der Waals surface area contributed by atoms with Gasteiger partial charge in [0.1, 0.15) is 37.0 Å². The van der Waals surface area contributed by atoms with Crippen LogP contribution in [0.4, 0.5) is 21.7 Å². The number of hydrogen-bond donors (Lipinski definition) is 1. The molecule has 0 amide bonds. The molecule has 1 fully saturated rings.